The molecule has 0 saturated carbocycles. The zero-order valence-electron chi connectivity index (χ0n) is 17.1. The van der Waals surface area contributed by atoms with Crippen LogP contribution in [0.4, 0.5) is 15.8 Å². The molecule has 4 rings (SSSR count). The highest BCUT2D eigenvalue weighted by molar-refractivity contribution is 6.10. The second kappa shape index (κ2) is 7.17. The molecular weight excluding hydrogens is 369 g/mol. The van der Waals surface area contributed by atoms with Crippen LogP contribution in [0.3, 0.4) is 0 Å². The van der Waals surface area contributed by atoms with E-state index in [1.165, 1.54) is 6.07 Å². The summed E-state index contributed by atoms with van der Waals surface area (Å²) in [5, 5.41) is 0. The first-order chi connectivity index (χ1) is 13.8. The van der Waals surface area contributed by atoms with Crippen molar-refractivity contribution < 1.29 is 14.0 Å². The van der Waals surface area contributed by atoms with E-state index in [9.17, 15) is 14.0 Å². The molecule has 0 bridgehead atoms. The molecule has 2 amide bonds. The van der Waals surface area contributed by atoms with E-state index in [1.54, 1.807) is 21.9 Å². The Balaban J connectivity index is 1.45. The number of fused-ring (bicyclic) bond motifs is 1. The third kappa shape index (κ3) is 3.37. The SMILES string of the molecule is Cc1ccc2c(c1)C(C)(C)C(=O)N2CC(=O)N1CCN(c2ccccc2F)CC1. The number of hydrogen-bond donors (Lipinski definition) is 0. The van der Waals surface area contributed by atoms with E-state index >= 15 is 0 Å². The standard InChI is InChI=1S/C23H26FN3O2/c1-16-8-9-19-17(14-16)23(2,3)22(29)27(19)15-21(28)26-12-10-25(11-13-26)20-7-5-4-6-18(20)24/h4-9,14H,10-13,15H2,1-3H3. The molecule has 0 atom stereocenters. The topological polar surface area (TPSA) is 43.9 Å². The molecule has 2 heterocycles. The molecular formula is C23H26FN3O2. The number of carbonyl (C=O) groups is 2. The summed E-state index contributed by atoms with van der Waals surface area (Å²) in [6.07, 6.45) is 0. The van der Waals surface area contributed by atoms with Crippen molar-refractivity contribution in [1.82, 2.24) is 4.90 Å². The average Bonchev–Trinajstić information content (AvgIpc) is 2.89. The van der Waals surface area contributed by atoms with Crippen molar-refractivity contribution in [3.8, 4) is 0 Å². The van der Waals surface area contributed by atoms with Crippen molar-refractivity contribution in [3.05, 3.63) is 59.4 Å². The van der Waals surface area contributed by atoms with Gasteiger partial charge in [0.05, 0.1) is 11.1 Å². The fourth-order valence-corrected chi connectivity index (χ4v) is 4.25. The van der Waals surface area contributed by atoms with Crippen LogP contribution in [-0.2, 0) is 15.0 Å². The van der Waals surface area contributed by atoms with Crippen molar-refractivity contribution in [3.63, 3.8) is 0 Å². The lowest BCUT2D eigenvalue weighted by molar-refractivity contribution is -0.132. The van der Waals surface area contributed by atoms with Crippen LogP contribution >= 0.6 is 0 Å². The van der Waals surface area contributed by atoms with Crippen molar-refractivity contribution in [2.45, 2.75) is 26.2 Å². The summed E-state index contributed by atoms with van der Waals surface area (Å²) >= 11 is 0. The van der Waals surface area contributed by atoms with Crippen LogP contribution < -0.4 is 9.80 Å². The number of halogens is 1. The molecule has 0 unspecified atom stereocenters. The lowest BCUT2D eigenvalue weighted by Gasteiger charge is -2.37. The van der Waals surface area contributed by atoms with E-state index in [0.717, 1.165) is 16.8 Å². The Hall–Kier alpha value is -2.89. The van der Waals surface area contributed by atoms with E-state index in [-0.39, 0.29) is 24.2 Å². The molecule has 2 aromatic rings. The highest BCUT2D eigenvalue weighted by Gasteiger charge is 2.44. The van der Waals surface area contributed by atoms with Crippen molar-refractivity contribution >= 4 is 23.2 Å². The molecule has 0 aromatic heterocycles. The Labute approximate surface area is 170 Å². The maximum atomic E-state index is 14.0. The van der Waals surface area contributed by atoms with Crippen LogP contribution in [-0.4, -0.2) is 49.4 Å². The van der Waals surface area contributed by atoms with Crippen molar-refractivity contribution in [2.24, 2.45) is 0 Å². The van der Waals surface area contributed by atoms with Crippen LogP contribution in [0, 0.1) is 12.7 Å². The smallest absolute Gasteiger partial charge is 0.242 e. The Morgan fingerprint density at radius 1 is 1.03 bits per heavy atom. The minimum atomic E-state index is -0.634. The zero-order chi connectivity index (χ0) is 20.8. The second-order valence-corrected chi connectivity index (χ2v) is 8.36. The second-order valence-electron chi connectivity index (χ2n) is 8.36. The fourth-order valence-electron chi connectivity index (χ4n) is 4.25. The van der Waals surface area contributed by atoms with Gasteiger partial charge in [0, 0.05) is 31.9 Å². The number of carbonyl (C=O) groups excluding carboxylic acids is 2. The molecule has 0 N–H and O–H groups in total. The van der Waals surface area contributed by atoms with Gasteiger partial charge in [-0.2, -0.15) is 0 Å². The highest BCUT2D eigenvalue weighted by Crippen LogP contribution is 2.41. The first-order valence-electron chi connectivity index (χ1n) is 9.99. The predicted octanol–water partition coefficient (Wildman–Crippen LogP) is 3.11. The van der Waals surface area contributed by atoms with E-state index in [0.29, 0.717) is 31.9 Å². The van der Waals surface area contributed by atoms with Gasteiger partial charge in [-0.25, -0.2) is 4.39 Å². The number of hydrogen-bond acceptors (Lipinski definition) is 3. The lowest BCUT2D eigenvalue weighted by atomic mass is 9.85. The van der Waals surface area contributed by atoms with Gasteiger partial charge in [0.2, 0.25) is 11.8 Å². The predicted molar refractivity (Wildman–Crippen MR) is 112 cm³/mol. The van der Waals surface area contributed by atoms with Crippen molar-refractivity contribution in [1.29, 1.82) is 0 Å². The number of para-hydroxylation sites is 1. The van der Waals surface area contributed by atoms with Gasteiger partial charge in [-0.15, -0.1) is 0 Å². The van der Waals surface area contributed by atoms with E-state index < -0.39 is 5.41 Å². The zero-order valence-corrected chi connectivity index (χ0v) is 17.1. The summed E-state index contributed by atoms with van der Waals surface area (Å²) in [5.41, 5.74) is 2.83. The van der Waals surface area contributed by atoms with Crippen LogP contribution in [0.2, 0.25) is 0 Å². The Bertz CT molecular complexity index is 964. The number of piperazine rings is 1. The van der Waals surface area contributed by atoms with Crippen LogP contribution in [0.15, 0.2) is 42.5 Å². The summed E-state index contributed by atoms with van der Waals surface area (Å²) in [6.45, 7) is 8.03. The molecule has 6 heteroatoms. The lowest BCUT2D eigenvalue weighted by Crippen LogP contribution is -2.52. The van der Waals surface area contributed by atoms with Gasteiger partial charge >= 0.3 is 0 Å². The van der Waals surface area contributed by atoms with Crippen LogP contribution in [0.5, 0.6) is 0 Å². The van der Waals surface area contributed by atoms with E-state index in [2.05, 4.69) is 0 Å². The molecule has 0 aliphatic carbocycles. The fraction of sp³-hybridized carbons (Fsp3) is 0.391. The minimum Gasteiger partial charge on any atom is -0.366 e. The number of amides is 2. The van der Waals surface area contributed by atoms with E-state index in [1.807, 2.05) is 49.9 Å². The van der Waals surface area contributed by atoms with Gasteiger partial charge in [0.15, 0.2) is 0 Å². The molecule has 1 saturated heterocycles. The number of rotatable bonds is 3. The van der Waals surface area contributed by atoms with E-state index in [4.69, 9.17) is 0 Å². The molecule has 1 fully saturated rings. The van der Waals surface area contributed by atoms with Gasteiger partial charge in [0.25, 0.3) is 0 Å². The first kappa shape index (κ1) is 19.4. The molecule has 2 aliphatic rings. The molecule has 152 valence electrons. The van der Waals surface area contributed by atoms with Gasteiger partial charge < -0.3 is 14.7 Å². The summed E-state index contributed by atoms with van der Waals surface area (Å²) < 4.78 is 14.0. The quantitative estimate of drug-likeness (QED) is 0.802. The average molecular weight is 395 g/mol. The molecule has 2 aromatic carbocycles. The summed E-state index contributed by atoms with van der Waals surface area (Å²) in [5.74, 6) is -0.365. The Morgan fingerprint density at radius 3 is 2.41 bits per heavy atom. The molecule has 0 radical (unpaired) electrons. The molecule has 29 heavy (non-hydrogen) atoms. The molecule has 2 aliphatic heterocycles. The summed E-state index contributed by atoms with van der Waals surface area (Å²) in [4.78, 5) is 31.3. The third-order valence-corrected chi connectivity index (χ3v) is 6.01. The monoisotopic (exact) mass is 395 g/mol. The number of aryl methyl sites for hydroxylation is 1. The molecule has 5 nitrogen and oxygen atoms in total. The largest absolute Gasteiger partial charge is 0.366 e. The maximum Gasteiger partial charge on any atom is 0.242 e. The number of benzene rings is 2. The van der Waals surface area contributed by atoms with Gasteiger partial charge in [0.1, 0.15) is 12.4 Å². The molecule has 0 spiro atoms. The van der Waals surface area contributed by atoms with Gasteiger partial charge in [-0.1, -0.05) is 29.8 Å². The van der Waals surface area contributed by atoms with Crippen LogP contribution in [0.25, 0.3) is 0 Å². The summed E-state index contributed by atoms with van der Waals surface area (Å²) in [6, 6.07) is 12.6. The normalized spacial score (nSPS) is 18.2. The van der Waals surface area contributed by atoms with Gasteiger partial charge in [-0.05, 0) is 44.5 Å². The number of nitrogens with zero attached hydrogens (tertiary/aromatic N) is 3. The van der Waals surface area contributed by atoms with Crippen molar-refractivity contribution in [2.75, 3.05) is 42.5 Å². The Morgan fingerprint density at radius 2 is 1.72 bits per heavy atom. The third-order valence-electron chi connectivity index (χ3n) is 6.01. The highest BCUT2D eigenvalue weighted by atomic mass is 19.1. The number of anilines is 2. The van der Waals surface area contributed by atoms with Gasteiger partial charge in [-0.3, -0.25) is 9.59 Å². The Kier molecular flexibility index (Phi) is 4.81. The minimum absolute atomic E-state index is 0.0397. The maximum absolute atomic E-state index is 14.0. The van der Waals surface area contributed by atoms with Crippen LogP contribution in [0.1, 0.15) is 25.0 Å². The summed E-state index contributed by atoms with van der Waals surface area (Å²) in [7, 11) is 0. The first-order valence-corrected chi connectivity index (χ1v) is 9.99.